The third-order valence-corrected chi connectivity index (χ3v) is 5.57. The molecule has 0 unspecified atom stereocenters. The summed E-state index contributed by atoms with van der Waals surface area (Å²) in [6.07, 6.45) is 1.56. The molecular formula is C23H20N4O2S. The maximum absolute atomic E-state index is 13.2. The van der Waals surface area contributed by atoms with Crippen LogP contribution < -0.4 is 10.6 Å². The van der Waals surface area contributed by atoms with Gasteiger partial charge in [-0.2, -0.15) is 5.10 Å². The number of carbonyl (C=O) groups is 2. The molecule has 4 rings (SSSR count). The fraction of sp³-hybridized carbons (Fsp3) is 0.0870. The van der Waals surface area contributed by atoms with Crippen molar-refractivity contribution >= 4 is 28.2 Å². The van der Waals surface area contributed by atoms with Crippen LogP contribution in [0.5, 0.6) is 0 Å². The van der Waals surface area contributed by atoms with Gasteiger partial charge < -0.3 is 10.6 Å². The minimum Gasteiger partial charge on any atom is -0.348 e. The number of aromatic nitrogens is 2. The molecule has 0 radical (unpaired) electrons. The van der Waals surface area contributed by atoms with E-state index in [-0.39, 0.29) is 11.8 Å². The van der Waals surface area contributed by atoms with Crippen molar-refractivity contribution in [2.75, 3.05) is 5.32 Å². The molecule has 30 heavy (non-hydrogen) atoms. The molecule has 7 heteroatoms. The van der Waals surface area contributed by atoms with Crippen molar-refractivity contribution in [3.05, 3.63) is 95.1 Å². The molecule has 0 saturated carbocycles. The van der Waals surface area contributed by atoms with Crippen LogP contribution in [0.4, 0.5) is 5.00 Å². The fourth-order valence-electron chi connectivity index (χ4n) is 3.14. The van der Waals surface area contributed by atoms with Crippen LogP contribution in [0.15, 0.2) is 78.3 Å². The van der Waals surface area contributed by atoms with Gasteiger partial charge in [0.05, 0.1) is 5.56 Å². The number of rotatable bonds is 6. The van der Waals surface area contributed by atoms with E-state index in [2.05, 4.69) is 15.7 Å². The molecule has 0 aliphatic carbocycles. The first kappa shape index (κ1) is 19.6. The second kappa shape index (κ2) is 8.75. The third kappa shape index (κ3) is 4.16. The van der Waals surface area contributed by atoms with Crippen LogP contribution in [-0.4, -0.2) is 21.6 Å². The molecule has 0 bridgehead atoms. The highest BCUT2D eigenvalue weighted by atomic mass is 32.1. The molecule has 0 fully saturated rings. The molecule has 2 N–H and O–H groups in total. The predicted molar refractivity (Wildman–Crippen MR) is 119 cm³/mol. The molecular weight excluding hydrogens is 396 g/mol. The molecule has 6 nitrogen and oxygen atoms in total. The smallest absolute Gasteiger partial charge is 0.274 e. The SMILES string of the molecule is Cn1nccc1C(=O)Nc1scc(-c2ccccc2)c1C(=O)NCc1ccccc1. The van der Waals surface area contributed by atoms with Gasteiger partial charge in [-0.15, -0.1) is 11.3 Å². The molecule has 0 aliphatic rings. The highest BCUT2D eigenvalue weighted by Gasteiger charge is 2.22. The number of amides is 2. The van der Waals surface area contributed by atoms with E-state index in [0.29, 0.717) is 22.8 Å². The average molecular weight is 417 g/mol. The van der Waals surface area contributed by atoms with Gasteiger partial charge >= 0.3 is 0 Å². The zero-order valence-electron chi connectivity index (χ0n) is 16.3. The van der Waals surface area contributed by atoms with E-state index in [9.17, 15) is 9.59 Å². The summed E-state index contributed by atoms with van der Waals surface area (Å²) in [5.41, 5.74) is 3.58. The Morgan fingerprint density at radius 2 is 1.67 bits per heavy atom. The lowest BCUT2D eigenvalue weighted by Gasteiger charge is -2.10. The Bertz CT molecular complexity index is 1170. The van der Waals surface area contributed by atoms with Crippen LogP contribution in [0.3, 0.4) is 0 Å². The van der Waals surface area contributed by atoms with Crippen LogP contribution >= 0.6 is 11.3 Å². The molecule has 0 spiro atoms. The number of nitrogens with zero attached hydrogens (tertiary/aromatic N) is 2. The Labute approximate surface area is 178 Å². The number of anilines is 1. The Morgan fingerprint density at radius 3 is 2.33 bits per heavy atom. The van der Waals surface area contributed by atoms with Gasteiger partial charge in [0.2, 0.25) is 0 Å². The molecule has 2 aromatic heterocycles. The van der Waals surface area contributed by atoms with Crippen LogP contribution in [0.1, 0.15) is 26.4 Å². The quantitative estimate of drug-likeness (QED) is 0.491. The summed E-state index contributed by atoms with van der Waals surface area (Å²) in [4.78, 5) is 25.9. The van der Waals surface area contributed by atoms with Crippen molar-refractivity contribution in [2.45, 2.75) is 6.54 Å². The summed E-state index contributed by atoms with van der Waals surface area (Å²) < 4.78 is 1.50. The van der Waals surface area contributed by atoms with Crippen molar-refractivity contribution in [2.24, 2.45) is 7.05 Å². The maximum Gasteiger partial charge on any atom is 0.274 e. The van der Waals surface area contributed by atoms with Gasteiger partial charge in [0, 0.05) is 30.7 Å². The van der Waals surface area contributed by atoms with Gasteiger partial charge in [-0.05, 0) is 17.2 Å². The van der Waals surface area contributed by atoms with Crippen molar-refractivity contribution in [3.8, 4) is 11.1 Å². The number of benzene rings is 2. The Balaban J connectivity index is 1.64. The fourth-order valence-corrected chi connectivity index (χ4v) is 4.10. The normalized spacial score (nSPS) is 10.6. The molecule has 4 aromatic rings. The Kier molecular flexibility index (Phi) is 5.72. The standard InChI is InChI=1S/C23H20N4O2S/c1-27-19(12-13-25-27)21(28)26-23-20(18(15-30-23)17-10-6-3-7-11-17)22(29)24-14-16-8-4-2-5-9-16/h2-13,15H,14H2,1H3,(H,24,29)(H,26,28). The summed E-state index contributed by atoms with van der Waals surface area (Å²) in [7, 11) is 1.70. The summed E-state index contributed by atoms with van der Waals surface area (Å²) >= 11 is 1.33. The van der Waals surface area contributed by atoms with Gasteiger partial charge in [0.1, 0.15) is 10.7 Å². The highest BCUT2D eigenvalue weighted by Crippen LogP contribution is 2.35. The summed E-state index contributed by atoms with van der Waals surface area (Å²) in [6, 6.07) is 21.0. The second-order valence-corrected chi connectivity index (χ2v) is 7.56. The minimum absolute atomic E-state index is 0.237. The maximum atomic E-state index is 13.2. The van der Waals surface area contributed by atoms with Crippen LogP contribution in [0.25, 0.3) is 11.1 Å². The van der Waals surface area contributed by atoms with E-state index in [1.54, 1.807) is 19.3 Å². The van der Waals surface area contributed by atoms with E-state index in [4.69, 9.17) is 0 Å². The van der Waals surface area contributed by atoms with E-state index in [1.165, 1.54) is 16.0 Å². The lowest BCUT2D eigenvalue weighted by atomic mass is 10.0. The Hall–Kier alpha value is -3.71. The number of aryl methyl sites for hydroxylation is 1. The first-order valence-corrected chi connectivity index (χ1v) is 10.3. The minimum atomic E-state index is -0.312. The van der Waals surface area contributed by atoms with Crippen molar-refractivity contribution < 1.29 is 9.59 Å². The number of carbonyl (C=O) groups excluding carboxylic acids is 2. The molecule has 0 saturated heterocycles. The number of nitrogens with one attached hydrogen (secondary N) is 2. The number of hydrogen-bond donors (Lipinski definition) is 2. The van der Waals surface area contributed by atoms with Crippen molar-refractivity contribution in [1.82, 2.24) is 15.1 Å². The zero-order chi connectivity index (χ0) is 20.9. The van der Waals surface area contributed by atoms with Crippen molar-refractivity contribution in [1.29, 1.82) is 0 Å². The molecule has 150 valence electrons. The van der Waals surface area contributed by atoms with Gasteiger partial charge in [-0.1, -0.05) is 60.7 Å². The monoisotopic (exact) mass is 416 g/mol. The van der Waals surface area contributed by atoms with Crippen LogP contribution in [-0.2, 0) is 13.6 Å². The van der Waals surface area contributed by atoms with Gasteiger partial charge in [0.15, 0.2) is 0 Å². The molecule has 2 aromatic carbocycles. The number of hydrogen-bond acceptors (Lipinski definition) is 4. The Morgan fingerprint density at radius 1 is 0.967 bits per heavy atom. The molecule has 2 heterocycles. The lowest BCUT2D eigenvalue weighted by molar-refractivity contribution is 0.0953. The number of thiophene rings is 1. The van der Waals surface area contributed by atoms with E-state index < -0.39 is 0 Å². The molecule has 2 amide bonds. The van der Waals surface area contributed by atoms with Crippen molar-refractivity contribution in [3.63, 3.8) is 0 Å². The zero-order valence-corrected chi connectivity index (χ0v) is 17.1. The first-order chi connectivity index (χ1) is 14.6. The van der Waals surface area contributed by atoms with E-state index in [1.807, 2.05) is 66.0 Å². The van der Waals surface area contributed by atoms with E-state index >= 15 is 0 Å². The lowest BCUT2D eigenvalue weighted by Crippen LogP contribution is -2.25. The van der Waals surface area contributed by atoms with Crippen LogP contribution in [0.2, 0.25) is 0 Å². The first-order valence-electron chi connectivity index (χ1n) is 9.42. The molecule has 0 atom stereocenters. The topological polar surface area (TPSA) is 76.0 Å². The van der Waals surface area contributed by atoms with Gasteiger partial charge in [0.25, 0.3) is 11.8 Å². The third-order valence-electron chi connectivity index (χ3n) is 4.68. The van der Waals surface area contributed by atoms with Crippen LogP contribution in [0, 0.1) is 0 Å². The highest BCUT2D eigenvalue weighted by molar-refractivity contribution is 7.15. The molecule has 0 aliphatic heterocycles. The van der Waals surface area contributed by atoms with E-state index in [0.717, 1.165) is 16.7 Å². The average Bonchev–Trinajstić information content (AvgIpc) is 3.39. The van der Waals surface area contributed by atoms with Gasteiger partial charge in [-0.25, -0.2) is 0 Å². The summed E-state index contributed by atoms with van der Waals surface area (Å²) in [5, 5.41) is 12.3. The second-order valence-electron chi connectivity index (χ2n) is 6.68. The summed E-state index contributed by atoms with van der Waals surface area (Å²) in [6.45, 7) is 0.402. The predicted octanol–water partition coefficient (Wildman–Crippen LogP) is 4.33. The largest absolute Gasteiger partial charge is 0.348 e. The summed E-state index contributed by atoms with van der Waals surface area (Å²) in [5.74, 6) is -0.548. The van der Waals surface area contributed by atoms with Gasteiger partial charge in [-0.3, -0.25) is 14.3 Å².